The van der Waals surface area contributed by atoms with E-state index in [1.807, 2.05) is 34.8 Å². The molecule has 8 heteroatoms. The third-order valence-corrected chi connectivity index (χ3v) is 5.09. The Morgan fingerprint density at radius 3 is 2.82 bits per heavy atom. The third-order valence-electron chi connectivity index (χ3n) is 4.85. The van der Waals surface area contributed by atoms with Gasteiger partial charge >= 0.3 is 0 Å². The number of hydrogen-bond acceptors (Lipinski definition) is 5. The van der Waals surface area contributed by atoms with Gasteiger partial charge in [-0.25, -0.2) is 4.98 Å². The molecule has 3 aromatic rings. The van der Waals surface area contributed by atoms with Crippen molar-refractivity contribution >= 4 is 39.9 Å². The average molecular weight is 401 g/mol. The first-order valence-corrected chi connectivity index (χ1v) is 9.38. The van der Waals surface area contributed by atoms with E-state index in [1.165, 1.54) is 0 Å². The summed E-state index contributed by atoms with van der Waals surface area (Å²) in [6.07, 6.45) is 3.55. The number of aryl methyl sites for hydroxylation is 1. The van der Waals surface area contributed by atoms with Crippen molar-refractivity contribution in [3.63, 3.8) is 0 Å². The Morgan fingerprint density at radius 2 is 2.07 bits per heavy atom. The van der Waals surface area contributed by atoms with E-state index in [1.54, 1.807) is 25.4 Å². The second-order valence-corrected chi connectivity index (χ2v) is 7.02. The van der Waals surface area contributed by atoms with Crippen molar-refractivity contribution in [2.45, 2.75) is 0 Å². The molecule has 0 unspecified atom stereocenters. The first-order valence-electron chi connectivity index (χ1n) is 9.00. The molecule has 0 aliphatic carbocycles. The SMILES string of the molecule is COc1cc(Cl)ccc1Nc1ncc(C(=O)N2CCOCC2)c2c1ccn2C. The third kappa shape index (κ3) is 3.39. The van der Waals surface area contributed by atoms with E-state index in [0.717, 1.165) is 16.6 Å². The van der Waals surface area contributed by atoms with Gasteiger partial charge in [-0.15, -0.1) is 0 Å². The number of methoxy groups -OCH3 is 1. The topological polar surface area (TPSA) is 68.6 Å². The zero-order chi connectivity index (χ0) is 19.7. The normalized spacial score (nSPS) is 14.3. The molecule has 146 valence electrons. The largest absolute Gasteiger partial charge is 0.495 e. The van der Waals surface area contributed by atoms with E-state index < -0.39 is 0 Å². The van der Waals surface area contributed by atoms with Gasteiger partial charge in [0.2, 0.25) is 0 Å². The van der Waals surface area contributed by atoms with Crippen molar-refractivity contribution in [2.24, 2.45) is 7.05 Å². The number of nitrogens with one attached hydrogen (secondary N) is 1. The van der Waals surface area contributed by atoms with Crippen LogP contribution in [0.1, 0.15) is 10.4 Å². The maximum Gasteiger partial charge on any atom is 0.257 e. The average Bonchev–Trinajstić information content (AvgIpc) is 3.12. The van der Waals surface area contributed by atoms with Crippen LogP contribution in [0.25, 0.3) is 10.9 Å². The molecule has 4 rings (SSSR count). The molecule has 1 aromatic carbocycles. The van der Waals surface area contributed by atoms with Gasteiger partial charge in [0, 0.05) is 49.0 Å². The van der Waals surface area contributed by atoms with Gasteiger partial charge in [-0.05, 0) is 18.2 Å². The Balaban J connectivity index is 1.73. The first kappa shape index (κ1) is 18.6. The minimum Gasteiger partial charge on any atom is -0.495 e. The van der Waals surface area contributed by atoms with E-state index >= 15 is 0 Å². The van der Waals surface area contributed by atoms with Gasteiger partial charge in [-0.3, -0.25) is 4.79 Å². The number of benzene rings is 1. The van der Waals surface area contributed by atoms with Crippen molar-refractivity contribution in [3.05, 3.63) is 47.2 Å². The van der Waals surface area contributed by atoms with Crippen LogP contribution in [-0.2, 0) is 11.8 Å². The number of carbonyl (C=O) groups is 1. The van der Waals surface area contributed by atoms with Gasteiger partial charge in [-0.2, -0.15) is 0 Å². The minimum absolute atomic E-state index is 0.0294. The van der Waals surface area contributed by atoms with Crippen molar-refractivity contribution in [1.29, 1.82) is 0 Å². The maximum atomic E-state index is 13.0. The summed E-state index contributed by atoms with van der Waals surface area (Å²) >= 11 is 6.05. The molecule has 2 aromatic heterocycles. The van der Waals surface area contributed by atoms with Crippen molar-refractivity contribution in [3.8, 4) is 5.75 Å². The zero-order valence-corrected chi connectivity index (χ0v) is 16.5. The number of aromatic nitrogens is 2. The van der Waals surface area contributed by atoms with E-state index in [0.29, 0.717) is 48.5 Å². The zero-order valence-electron chi connectivity index (χ0n) is 15.7. The fourth-order valence-corrected chi connectivity index (χ4v) is 3.57. The molecule has 3 heterocycles. The van der Waals surface area contributed by atoms with Gasteiger partial charge < -0.3 is 24.3 Å². The Hall–Kier alpha value is -2.77. The summed E-state index contributed by atoms with van der Waals surface area (Å²) in [6, 6.07) is 7.31. The number of rotatable bonds is 4. The standard InChI is InChI=1S/C20H21ClN4O3/c1-24-6-5-14-18(24)15(20(26)25-7-9-28-10-8-25)12-22-19(14)23-16-4-3-13(21)11-17(16)27-2/h3-6,11-12H,7-10H2,1-2H3,(H,22,23). The van der Waals surface area contributed by atoms with E-state index in [9.17, 15) is 4.79 Å². The number of morpholine rings is 1. The number of anilines is 2. The molecular weight excluding hydrogens is 380 g/mol. The summed E-state index contributed by atoms with van der Waals surface area (Å²) in [4.78, 5) is 19.4. The molecule has 1 amide bonds. The predicted octanol–water partition coefficient (Wildman–Crippen LogP) is 3.45. The smallest absolute Gasteiger partial charge is 0.257 e. The van der Waals surface area contributed by atoms with Gasteiger partial charge in [0.1, 0.15) is 11.6 Å². The number of fused-ring (bicyclic) bond motifs is 1. The lowest BCUT2D eigenvalue weighted by atomic mass is 10.1. The van der Waals surface area contributed by atoms with Crippen LogP contribution in [0.2, 0.25) is 5.02 Å². The number of ether oxygens (including phenoxy) is 2. The lowest BCUT2D eigenvalue weighted by Crippen LogP contribution is -2.40. The Bertz CT molecular complexity index is 1030. The summed E-state index contributed by atoms with van der Waals surface area (Å²) in [5.74, 6) is 1.24. The van der Waals surface area contributed by atoms with E-state index in [2.05, 4.69) is 10.3 Å². The number of pyridine rings is 1. The molecule has 0 saturated carbocycles. The first-order chi connectivity index (χ1) is 13.6. The van der Waals surface area contributed by atoms with Crippen molar-refractivity contribution < 1.29 is 14.3 Å². The highest BCUT2D eigenvalue weighted by molar-refractivity contribution is 6.30. The molecular formula is C20H21ClN4O3. The van der Waals surface area contributed by atoms with E-state index in [4.69, 9.17) is 21.1 Å². The van der Waals surface area contributed by atoms with Gasteiger partial charge in [-0.1, -0.05) is 11.6 Å². The Labute approximate surface area is 167 Å². The van der Waals surface area contributed by atoms with Crippen LogP contribution in [0.4, 0.5) is 11.5 Å². The lowest BCUT2D eigenvalue weighted by Gasteiger charge is -2.27. The summed E-state index contributed by atoms with van der Waals surface area (Å²) < 4.78 is 12.7. The fourth-order valence-electron chi connectivity index (χ4n) is 3.40. The Morgan fingerprint density at radius 1 is 1.29 bits per heavy atom. The second kappa shape index (κ2) is 7.69. The molecule has 28 heavy (non-hydrogen) atoms. The summed E-state index contributed by atoms with van der Waals surface area (Å²) in [6.45, 7) is 2.30. The quantitative estimate of drug-likeness (QED) is 0.726. The van der Waals surface area contributed by atoms with Crippen LogP contribution < -0.4 is 10.1 Å². The monoisotopic (exact) mass is 400 g/mol. The number of nitrogens with zero attached hydrogens (tertiary/aromatic N) is 3. The molecule has 1 fully saturated rings. The number of carbonyl (C=O) groups excluding carboxylic acids is 1. The Kier molecular flexibility index (Phi) is 5.11. The maximum absolute atomic E-state index is 13.0. The lowest BCUT2D eigenvalue weighted by molar-refractivity contribution is 0.0303. The van der Waals surface area contributed by atoms with Crippen LogP contribution in [-0.4, -0.2) is 53.8 Å². The molecule has 7 nitrogen and oxygen atoms in total. The number of halogens is 1. The van der Waals surface area contributed by atoms with Gasteiger partial charge in [0.15, 0.2) is 0 Å². The molecule has 1 N–H and O–H groups in total. The predicted molar refractivity (Wildman–Crippen MR) is 109 cm³/mol. The fraction of sp³-hybridized carbons (Fsp3) is 0.300. The van der Waals surface area contributed by atoms with Crippen molar-refractivity contribution in [2.75, 3.05) is 38.7 Å². The van der Waals surface area contributed by atoms with E-state index in [-0.39, 0.29) is 5.91 Å². The highest BCUT2D eigenvalue weighted by atomic mass is 35.5. The van der Waals surface area contributed by atoms with Crippen LogP contribution in [0.15, 0.2) is 36.7 Å². The molecule has 1 aliphatic heterocycles. The van der Waals surface area contributed by atoms with Crippen LogP contribution in [0.5, 0.6) is 5.75 Å². The van der Waals surface area contributed by atoms with Gasteiger partial charge in [0.05, 0.1) is 37.1 Å². The highest BCUT2D eigenvalue weighted by Gasteiger charge is 2.23. The summed E-state index contributed by atoms with van der Waals surface area (Å²) in [5, 5.41) is 4.75. The number of amides is 1. The van der Waals surface area contributed by atoms with Crippen LogP contribution in [0.3, 0.4) is 0 Å². The second-order valence-electron chi connectivity index (χ2n) is 6.58. The molecule has 1 saturated heterocycles. The molecule has 1 aliphatic rings. The van der Waals surface area contributed by atoms with Crippen molar-refractivity contribution in [1.82, 2.24) is 14.5 Å². The minimum atomic E-state index is -0.0294. The van der Waals surface area contributed by atoms with Crippen LogP contribution in [0, 0.1) is 0 Å². The molecule has 0 radical (unpaired) electrons. The highest BCUT2D eigenvalue weighted by Crippen LogP contribution is 2.33. The summed E-state index contributed by atoms with van der Waals surface area (Å²) in [5.41, 5.74) is 2.16. The van der Waals surface area contributed by atoms with Gasteiger partial charge in [0.25, 0.3) is 5.91 Å². The number of hydrogen-bond donors (Lipinski definition) is 1. The molecule has 0 atom stereocenters. The molecule has 0 spiro atoms. The van der Waals surface area contributed by atoms with Crippen LogP contribution >= 0.6 is 11.6 Å². The summed E-state index contributed by atoms with van der Waals surface area (Å²) in [7, 11) is 3.51. The molecule has 0 bridgehead atoms.